The van der Waals surface area contributed by atoms with Gasteiger partial charge in [-0.15, -0.1) is 0 Å². The van der Waals surface area contributed by atoms with E-state index >= 15 is 0 Å². The van der Waals surface area contributed by atoms with E-state index in [0.29, 0.717) is 30.0 Å². The second-order valence-corrected chi connectivity index (χ2v) is 8.20. The summed E-state index contributed by atoms with van der Waals surface area (Å²) in [7, 11) is 1.84. The zero-order valence-electron chi connectivity index (χ0n) is 18.6. The van der Waals surface area contributed by atoms with E-state index in [1.807, 2.05) is 18.1 Å². The summed E-state index contributed by atoms with van der Waals surface area (Å²) in [6, 6.07) is 9.70. The second kappa shape index (κ2) is 9.38. The lowest BCUT2D eigenvalue weighted by Crippen LogP contribution is -2.39. The lowest BCUT2D eigenvalue weighted by molar-refractivity contribution is 0.0704. The largest absolute Gasteiger partial charge is 0.434 e. The number of nitrogens with zero attached hydrogens (tertiary/aromatic N) is 6. The number of halogens is 1. The van der Waals surface area contributed by atoms with Crippen molar-refractivity contribution < 1.29 is 13.9 Å². The number of carbonyl (C=O) groups excluding carboxylic acids is 1. The van der Waals surface area contributed by atoms with Crippen LogP contribution < -0.4 is 4.74 Å². The summed E-state index contributed by atoms with van der Waals surface area (Å²) in [6.45, 7) is 1.11. The lowest BCUT2D eigenvalue weighted by Gasteiger charge is -2.33. The van der Waals surface area contributed by atoms with Crippen molar-refractivity contribution in [2.45, 2.75) is 18.8 Å². The Morgan fingerprint density at radius 1 is 1.12 bits per heavy atom. The maximum absolute atomic E-state index is 14.1. The molecular formula is C25H23FN6O2. The van der Waals surface area contributed by atoms with Gasteiger partial charge in [-0.1, -0.05) is 12.1 Å². The maximum Gasteiger partial charge on any atom is 0.254 e. The molecule has 9 heteroatoms. The van der Waals surface area contributed by atoms with Crippen LogP contribution in [0.2, 0.25) is 0 Å². The standard InChI is InChI=1S/C25H23FN6O2/c1-31-15-19(14-30-31)21-13-17(8-9-27-21)25(33)32-12-4-5-18(16-32)23-24(29-11-10-28-23)34-22-7-3-2-6-20(22)26/h2-3,6-11,13-15,18H,4-5,12,16H2,1H3. The molecule has 1 unspecified atom stereocenters. The first kappa shape index (κ1) is 21.7. The third-order valence-corrected chi connectivity index (χ3v) is 5.84. The molecule has 1 aliphatic rings. The van der Waals surface area contributed by atoms with E-state index in [9.17, 15) is 9.18 Å². The van der Waals surface area contributed by atoms with E-state index in [1.54, 1.807) is 53.6 Å². The molecular weight excluding hydrogens is 435 g/mol. The quantitative estimate of drug-likeness (QED) is 0.445. The Bertz CT molecular complexity index is 1320. The minimum atomic E-state index is -0.471. The number of para-hydroxylation sites is 1. The van der Waals surface area contributed by atoms with E-state index in [4.69, 9.17) is 4.74 Å². The highest BCUT2D eigenvalue weighted by molar-refractivity contribution is 5.95. The van der Waals surface area contributed by atoms with Crippen LogP contribution in [0.1, 0.15) is 34.8 Å². The minimum Gasteiger partial charge on any atom is -0.434 e. The van der Waals surface area contributed by atoms with Crippen LogP contribution in [0, 0.1) is 5.82 Å². The number of amides is 1. The van der Waals surface area contributed by atoms with Crippen molar-refractivity contribution in [3.8, 4) is 22.9 Å². The van der Waals surface area contributed by atoms with Gasteiger partial charge in [0.25, 0.3) is 5.91 Å². The highest BCUT2D eigenvalue weighted by Crippen LogP contribution is 2.33. The fourth-order valence-electron chi connectivity index (χ4n) is 4.17. The van der Waals surface area contributed by atoms with Crippen LogP contribution in [0.5, 0.6) is 11.6 Å². The molecule has 8 nitrogen and oxygen atoms in total. The monoisotopic (exact) mass is 458 g/mol. The predicted octanol–water partition coefficient (Wildman–Crippen LogP) is 4.22. The Labute approximate surface area is 196 Å². The maximum atomic E-state index is 14.1. The van der Waals surface area contributed by atoms with Gasteiger partial charge in [0.2, 0.25) is 5.88 Å². The Hall–Kier alpha value is -4.14. The van der Waals surface area contributed by atoms with Crippen LogP contribution in [-0.4, -0.2) is 48.6 Å². The third kappa shape index (κ3) is 4.50. The van der Waals surface area contributed by atoms with E-state index in [-0.39, 0.29) is 23.5 Å². The number of carbonyl (C=O) groups is 1. The van der Waals surface area contributed by atoms with Gasteiger partial charge in [-0.2, -0.15) is 5.10 Å². The lowest BCUT2D eigenvalue weighted by atomic mass is 9.94. The first-order chi connectivity index (χ1) is 16.6. The topological polar surface area (TPSA) is 86.0 Å². The van der Waals surface area contributed by atoms with Gasteiger partial charge in [-0.3, -0.25) is 19.4 Å². The SMILES string of the molecule is Cn1cc(-c2cc(C(=O)N3CCCC(c4nccnc4Oc4ccccc4F)C3)ccn2)cn1. The fraction of sp³-hybridized carbons (Fsp3) is 0.240. The van der Waals surface area contributed by atoms with Gasteiger partial charge in [0.15, 0.2) is 11.6 Å². The summed E-state index contributed by atoms with van der Waals surface area (Å²) in [5.41, 5.74) is 2.73. The first-order valence-electron chi connectivity index (χ1n) is 11.1. The van der Waals surface area contributed by atoms with Gasteiger partial charge in [-0.25, -0.2) is 9.37 Å². The Morgan fingerprint density at radius 3 is 2.79 bits per heavy atom. The molecule has 0 spiro atoms. The highest BCUT2D eigenvalue weighted by Gasteiger charge is 2.29. The fourth-order valence-corrected chi connectivity index (χ4v) is 4.17. The van der Waals surface area contributed by atoms with Gasteiger partial charge >= 0.3 is 0 Å². The Morgan fingerprint density at radius 2 is 1.97 bits per heavy atom. The van der Waals surface area contributed by atoms with Gasteiger partial charge in [0.05, 0.1) is 11.9 Å². The summed E-state index contributed by atoms with van der Waals surface area (Å²) in [4.78, 5) is 28.3. The summed E-state index contributed by atoms with van der Waals surface area (Å²) in [6.07, 6.45) is 9.97. The molecule has 0 saturated carbocycles. The number of aromatic nitrogens is 5. The molecule has 0 N–H and O–H groups in total. The summed E-state index contributed by atoms with van der Waals surface area (Å²) < 4.78 is 21.6. The number of benzene rings is 1. The van der Waals surface area contributed by atoms with E-state index in [2.05, 4.69) is 20.1 Å². The number of pyridine rings is 1. The molecule has 1 saturated heterocycles. The van der Waals surface area contributed by atoms with Crippen LogP contribution in [0.15, 0.2) is 67.4 Å². The van der Waals surface area contributed by atoms with Crippen LogP contribution in [0.4, 0.5) is 4.39 Å². The number of rotatable bonds is 5. The van der Waals surface area contributed by atoms with Crippen molar-refractivity contribution in [2.24, 2.45) is 7.05 Å². The van der Waals surface area contributed by atoms with Crippen LogP contribution >= 0.6 is 0 Å². The van der Waals surface area contributed by atoms with E-state index < -0.39 is 5.82 Å². The summed E-state index contributed by atoms with van der Waals surface area (Å²) in [5.74, 6) is -0.269. The number of ether oxygens (including phenoxy) is 1. The smallest absolute Gasteiger partial charge is 0.254 e. The van der Waals surface area contributed by atoms with E-state index in [1.165, 1.54) is 12.3 Å². The first-order valence-corrected chi connectivity index (χ1v) is 11.1. The van der Waals surface area contributed by atoms with Crippen LogP contribution in [0.3, 0.4) is 0 Å². The molecule has 1 atom stereocenters. The van der Waals surface area contributed by atoms with Crippen LogP contribution in [0.25, 0.3) is 11.3 Å². The van der Waals surface area contributed by atoms with Crippen molar-refractivity contribution in [3.63, 3.8) is 0 Å². The normalized spacial score (nSPS) is 15.8. The molecule has 4 aromatic rings. The molecule has 0 bridgehead atoms. The molecule has 3 aromatic heterocycles. The average Bonchev–Trinajstić information content (AvgIpc) is 3.32. The molecule has 0 radical (unpaired) electrons. The molecule has 34 heavy (non-hydrogen) atoms. The van der Waals surface area contributed by atoms with Gasteiger partial charge in [-0.05, 0) is 37.1 Å². The predicted molar refractivity (Wildman–Crippen MR) is 123 cm³/mol. The molecule has 172 valence electrons. The van der Waals surface area contributed by atoms with Crippen molar-refractivity contribution in [1.29, 1.82) is 0 Å². The van der Waals surface area contributed by atoms with Gasteiger partial charge < -0.3 is 9.64 Å². The second-order valence-electron chi connectivity index (χ2n) is 8.20. The van der Waals surface area contributed by atoms with E-state index in [0.717, 1.165) is 18.4 Å². The minimum absolute atomic E-state index is 0.0716. The molecule has 4 heterocycles. The summed E-state index contributed by atoms with van der Waals surface area (Å²) in [5, 5.41) is 4.18. The van der Waals surface area contributed by atoms with Crippen LogP contribution in [-0.2, 0) is 7.05 Å². The zero-order valence-corrected chi connectivity index (χ0v) is 18.6. The van der Waals surface area contributed by atoms with Crippen molar-refractivity contribution in [2.75, 3.05) is 13.1 Å². The number of likely N-dealkylation sites (tertiary alicyclic amines) is 1. The third-order valence-electron chi connectivity index (χ3n) is 5.84. The summed E-state index contributed by atoms with van der Waals surface area (Å²) >= 11 is 0. The Balaban J connectivity index is 1.36. The number of hydrogen-bond acceptors (Lipinski definition) is 6. The molecule has 1 aromatic carbocycles. The molecule has 1 aliphatic heterocycles. The van der Waals surface area contributed by atoms with Gasteiger partial charge in [0.1, 0.15) is 5.69 Å². The van der Waals surface area contributed by atoms with Gasteiger partial charge in [0, 0.05) is 62.0 Å². The highest BCUT2D eigenvalue weighted by atomic mass is 19.1. The molecule has 1 fully saturated rings. The van der Waals surface area contributed by atoms with Crippen molar-refractivity contribution >= 4 is 5.91 Å². The molecule has 1 amide bonds. The number of hydrogen-bond donors (Lipinski definition) is 0. The van der Waals surface area contributed by atoms with Crippen molar-refractivity contribution in [3.05, 3.63) is 84.5 Å². The molecule has 5 rings (SSSR count). The molecule has 0 aliphatic carbocycles. The zero-order chi connectivity index (χ0) is 23.5. The average molecular weight is 458 g/mol. The van der Waals surface area contributed by atoms with Crippen molar-refractivity contribution in [1.82, 2.24) is 29.6 Å². The number of aryl methyl sites for hydroxylation is 1. The number of piperidine rings is 1. The Kier molecular flexibility index (Phi) is 5.99.